The molecule has 1 aromatic heterocycles. The third-order valence-corrected chi connectivity index (χ3v) is 3.82. The zero-order valence-electron chi connectivity index (χ0n) is 10.7. The fourth-order valence-electron chi connectivity index (χ4n) is 1.78. The zero-order valence-corrected chi connectivity index (χ0v) is 12.9. The Bertz CT molecular complexity index is 677. The van der Waals surface area contributed by atoms with Gasteiger partial charge in [-0.1, -0.05) is 46.9 Å². The molecule has 9 heteroatoms. The first-order valence-corrected chi connectivity index (χ1v) is 6.93. The van der Waals surface area contributed by atoms with E-state index in [1.165, 1.54) is 18.3 Å². The predicted octanol–water partition coefficient (Wildman–Crippen LogP) is 4.99. The van der Waals surface area contributed by atoms with Crippen LogP contribution in [-0.4, -0.2) is 11.3 Å². The van der Waals surface area contributed by atoms with Crippen LogP contribution in [-0.2, 0) is 0 Å². The van der Waals surface area contributed by atoms with Crippen LogP contribution in [0, 0.1) is 0 Å². The molecule has 0 aliphatic rings. The Hall–Kier alpha value is -1.21. The molecule has 1 aromatic carbocycles. The molecule has 2 aromatic rings. The lowest BCUT2D eigenvalue weighted by Gasteiger charge is -2.17. The minimum absolute atomic E-state index is 0.0357. The highest BCUT2D eigenvalue weighted by Crippen LogP contribution is 2.36. The summed E-state index contributed by atoms with van der Waals surface area (Å²) in [6, 6.07) is 4.28. The summed E-state index contributed by atoms with van der Waals surface area (Å²) in [6.07, 6.45) is -3.46. The molecule has 2 N–H and O–H groups in total. The summed E-state index contributed by atoms with van der Waals surface area (Å²) in [7, 11) is 0. The maximum Gasteiger partial charge on any atom is 0.573 e. The Balaban J connectivity index is 2.31. The SMILES string of the molecule is N[C@@H](c1ccc(OC(F)(F)F)cc1)c1c(Cl)cnc(Cl)c1Cl. The third-order valence-electron chi connectivity index (χ3n) is 2.75. The van der Waals surface area contributed by atoms with Gasteiger partial charge in [0, 0.05) is 11.8 Å². The molecule has 0 aliphatic heterocycles. The van der Waals surface area contributed by atoms with Crippen molar-refractivity contribution >= 4 is 34.8 Å². The standard InChI is InChI=1S/C13H8Cl3F3N2O/c14-8-5-21-12(16)10(15)9(8)11(20)6-1-3-7(4-2-6)22-13(17,18)19/h1-5,11H,20H2/t11-/m0/s1. The molecule has 0 spiro atoms. The molecule has 1 heterocycles. The van der Waals surface area contributed by atoms with E-state index in [1.54, 1.807) is 0 Å². The van der Waals surface area contributed by atoms with Crippen molar-refractivity contribution in [1.29, 1.82) is 0 Å². The van der Waals surface area contributed by atoms with Gasteiger partial charge < -0.3 is 10.5 Å². The number of pyridine rings is 1. The number of hydrogen-bond donors (Lipinski definition) is 1. The summed E-state index contributed by atoms with van der Waals surface area (Å²) in [5.41, 5.74) is 6.87. The lowest BCUT2D eigenvalue weighted by atomic mass is 10.0. The van der Waals surface area contributed by atoms with Gasteiger partial charge in [-0.05, 0) is 17.7 Å². The molecule has 0 aliphatic carbocycles. The van der Waals surface area contributed by atoms with Gasteiger partial charge in [0.1, 0.15) is 10.9 Å². The Morgan fingerprint density at radius 1 is 1.09 bits per heavy atom. The van der Waals surface area contributed by atoms with E-state index >= 15 is 0 Å². The molecule has 118 valence electrons. The van der Waals surface area contributed by atoms with Crippen LogP contribution in [0.25, 0.3) is 0 Å². The van der Waals surface area contributed by atoms with Crippen molar-refractivity contribution in [3.8, 4) is 5.75 Å². The minimum Gasteiger partial charge on any atom is -0.406 e. The average molecular weight is 372 g/mol. The van der Waals surface area contributed by atoms with E-state index in [0.717, 1.165) is 12.1 Å². The van der Waals surface area contributed by atoms with Crippen LogP contribution in [0.1, 0.15) is 17.2 Å². The minimum atomic E-state index is -4.76. The lowest BCUT2D eigenvalue weighted by molar-refractivity contribution is -0.274. The molecular formula is C13H8Cl3F3N2O. The summed E-state index contributed by atoms with van der Waals surface area (Å²) < 4.78 is 40.1. The smallest absolute Gasteiger partial charge is 0.406 e. The van der Waals surface area contributed by atoms with E-state index < -0.39 is 12.4 Å². The summed E-state index contributed by atoms with van der Waals surface area (Å²) in [6.45, 7) is 0. The molecule has 0 radical (unpaired) electrons. The van der Waals surface area contributed by atoms with Crippen molar-refractivity contribution < 1.29 is 17.9 Å². The lowest BCUT2D eigenvalue weighted by Crippen LogP contribution is -2.17. The normalized spacial score (nSPS) is 13.0. The first-order valence-electron chi connectivity index (χ1n) is 5.79. The molecule has 2 rings (SSSR count). The second-order valence-corrected chi connectivity index (χ2v) is 5.36. The number of nitrogens with zero attached hydrogens (tertiary/aromatic N) is 1. The van der Waals surface area contributed by atoms with Crippen LogP contribution < -0.4 is 10.5 Å². The number of benzene rings is 1. The van der Waals surface area contributed by atoms with Gasteiger partial charge in [-0.25, -0.2) is 4.98 Å². The van der Waals surface area contributed by atoms with Gasteiger partial charge in [0.25, 0.3) is 0 Å². The first kappa shape index (κ1) is 17.1. The number of aromatic nitrogens is 1. The number of alkyl halides is 3. The summed E-state index contributed by atoms with van der Waals surface area (Å²) in [5, 5.41) is 0.336. The number of hydrogen-bond acceptors (Lipinski definition) is 3. The molecular weight excluding hydrogens is 364 g/mol. The van der Waals surface area contributed by atoms with E-state index in [2.05, 4.69) is 9.72 Å². The van der Waals surface area contributed by atoms with Crippen molar-refractivity contribution in [2.75, 3.05) is 0 Å². The molecule has 0 saturated carbocycles. The van der Waals surface area contributed by atoms with Gasteiger partial charge in [0.15, 0.2) is 0 Å². The average Bonchev–Trinajstić information content (AvgIpc) is 2.42. The summed E-state index contributed by atoms with van der Waals surface area (Å²) in [4.78, 5) is 3.77. The van der Waals surface area contributed by atoms with Gasteiger partial charge in [-0.15, -0.1) is 13.2 Å². The van der Waals surface area contributed by atoms with E-state index in [9.17, 15) is 13.2 Å². The van der Waals surface area contributed by atoms with Crippen LogP contribution in [0.15, 0.2) is 30.5 Å². The zero-order chi connectivity index (χ0) is 16.5. The van der Waals surface area contributed by atoms with Crippen LogP contribution in [0.2, 0.25) is 15.2 Å². The van der Waals surface area contributed by atoms with E-state index in [-0.39, 0.29) is 20.9 Å². The predicted molar refractivity (Wildman–Crippen MR) is 78.4 cm³/mol. The molecule has 0 unspecified atom stereocenters. The quantitative estimate of drug-likeness (QED) is 0.773. The second kappa shape index (κ2) is 6.50. The summed E-state index contributed by atoms with van der Waals surface area (Å²) in [5.74, 6) is -0.353. The van der Waals surface area contributed by atoms with Crippen molar-refractivity contribution in [2.45, 2.75) is 12.4 Å². The van der Waals surface area contributed by atoms with Crippen LogP contribution in [0.3, 0.4) is 0 Å². The van der Waals surface area contributed by atoms with Crippen LogP contribution >= 0.6 is 34.8 Å². The Morgan fingerprint density at radius 3 is 2.23 bits per heavy atom. The largest absolute Gasteiger partial charge is 0.573 e. The highest BCUT2D eigenvalue weighted by molar-refractivity contribution is 6.43. The maximum absolute atomic E-state index is 12.1. The van der Waals surface area contributed by atoms with Crippen molar-refractivity contribution in [3.63, 3.8) is 0 Å². The Morgan fingerprint density at radius 2 is 1.68 bits per heavy atom. The van der Waals surface area contributed by atoms with E-state index in [4.69, 9.17) is 40.5 Å². The molecule has 22 heavy (non-hydrogen) atoms. The Labute approximate surface area is 138 Å². The van der Waals surface area contributed by atoms with E-state index in [1.807, 2.05) is 0 Å². The van der Waals surface area contributed by atoms with Gasteiger partial charge in [-0.3, -0.25) is 0 Å². The Kier molecular flexibility index (Phi) is 5.07. The molecule has 1 atom stereocenters. The van der Waals surface area contributed by atoms with Gasteiger partial charge in [0.2, 0.25) is 0 Å². The molecule has 0 saturated heterocycles. The van der Waals surface area contributed by atoms with Gasteiger partial charge in [0.05, 0.1) is 16.1 Å². The van der Waals surface area contributed by atoms with Gasteiger partial charge in [-0.2, -0.15) is 0 Å². The second-order valence-electron chi connectivity index (χ2n) is 4.22. The topological polar surface area (TPSA) is 48.1 Å². The number of nitrogens with two attached hydrogens (primary N) is 1. The maximum atomic E-state index is 12.1. The highest BCUT2D eigenvalue weighted by Gasteiger charge is 2.31. The number of halogens is 6. The van der Waals surface area contributed by atoms with Crippen molar-refractivity contribution in [1.82, 2.24) is 4.98 Å². The fourth-order valence-corrected chi connectivity index (χ4v) is 2.51. The van der Waals surface area contributed by atoms with Crippen molar-refractivity contribution in [2.24, 2.45) is 5.73 Å². The molecule has 3 nitrogen and oxygen atoms in total. The molecule has 0 fully saturated rings. The molecule has 0 amide bonds. The van der Waals surface area contributed by atoms with Crippen LogP contribution in [0.5, 0.6) is 5.75 Å². The van der Waals surface area contributed by atoms with Gasteiger partial charge >= 0.3 is 6.36 Å². The fraction of sp³-hybridized carbons (Fsp3) is 0.154. The van der Waals surface area contributed by atoms with Crippen LogP contribution in [0.4, 0.5) is 13.2 Å². The van der Waals surface area contributed by atoms with Crippen molar-refractivity contribution in [3.05, 3.63) is 56.8 Å². The third kappa shape index (κ3) is 3.95. The number of ether oxygens (including phenoxy) is 1. The number of rotatable bonds is 3. The molecule has 0 bridgehead atoms. The highest BCUT2D eigenvalue weighted by atomic mass is 35.5. The van der Waals surface area contributed by atoms with E-state index in [0.29, 0.717) is 11.1 Å². The first-order chi connectivity index (χ1) is 10.2. The monoisotopic (exact) mass is 370 g/mol. The summed E-state index contributed by atoms with van der Waals surface area (Å²) >= 11 is 17.8.